The molecule has 3 rings (SSSR count). The number of rotatable bonds is 5. The van der Waals surface area contributed by atoms with Gasteiger partial charge in [0.05, 0.1) is 22.1 Å². The molecule has 2 heterocycles. The Hall–Kier alpha value is -2.23. The summed E-state index contributed by atoms with van der Waals surface area (Å²) < 4.78 is 5.88. The molecule has 152 valence electrons. The van der Waals surface area contributed by atoms with Gasteiger partial charge in [0.25, 0.3) is 11.6 Å². The highest BCUT2D eigenvalue weighted by molar-refractivity contribution is 6.34. The number of benzene rings is 1. The van der Waals surface area contributed by atoms with E-state index in [0.717, 1.165) is 19.0 Å². The van der Waals surface area contributed by atoms with Crippen LogP contribution in [-0.2, 0) is 9.53 Å². The number of amides is 1. The fraction of sp³-hybridized carbons (Fsp3) is 0.556. The van der Waals surface area contributed by atoms with Crippen molar-refractivity contribution in [3.8, 4) is 0 Å². The smallest absolute Gasteiger partial charge is 0.328 e. The maximum Gasteiger partial charge on any atom is 0.328 e. The number of nitro groups is 1. The Bertz CT molecular complexity index is 794. The van der Waals surface area contributed by atoms with Crippen molar-refractivity contribution in [2.24, 2.45) is 0 Å². The Kier molecular flexibility index (Phi) is 5.87. The van der Waals surface area contributed by atoms with E-state index >= 15 is 0 Å². The van der Waals surface area contributed by atoms with E-state index in [1.807, 2.05) is 0 Å². The summed E-state index contributed by atoms with van der Waals surface area (Å²) in [4.78, 5) is 39.0. The lowest BCUT2D eigenvalue weighted by Crippen LogP contribution is -2.58. The molecule has 1 spiro atoms. The van der Waals surface area contributed by atoms with Crippen molar-refractivity contribution in [1.82, 2.24) is 9.80 Å². The van der Waals surface area contributed by atoms with Crippen molar-refractivity contribution in [2.45, 2.75) is 38.0 Å². The molecule has 0 aliphatic carbocycles. The van der Waals surface area contributed by atoms with Gasteiger partial charge in [0.1, 0.15) is 5.72 Å². The molecule has 1 N–H and O–H groups in total. The molecule has 0 radical (unpaired) electrons. The highest BCUT2D eigenvalue weighted by atomic mass is 35.5. The molecule has 10 heteroatoms. The van der Waals surface area contributed by atoms with Crippen LogP contribution in [0.3, 0.4) is 0 Å². The largest absolute Gasteiger partial charge is 0.480 e. The maximum absolute atomic E-state index is 13.3. The number of hydrogen-bond donors (Lipinski definition) is 1. The summed E-state index contributed by atoms with van der Waals surface area (Å²) in [7, 11) is 0. The minimum absolute atomic E-state index is 0.0326. The fourth-order valence-corrected chi connectivity index (χ4v) is 4.12. The van der Waals surface area contributed by atoms with Gasteiger partial charge in [-0.15, -0.1) is 0 Å². The first kappa shape index (κ1) is 20.5. The number of likely N-dealkylation sites (tertiary alicyclic amines) is 1. The monoisotopic (exact) mass is 411 g/mol. The summed E-state index contributed by atoms with van der Waals surface area (Å²) in [5.74, 6) is -1.84. The first-order chi connectivity index (χ1) is 13.3. The molecule has 2 aliphatic rings. The van der Waals surface area contributed by atoms with E-state index in [1.165, 1.54) is 17.0 Å². The van der Waals surface area contributed by atoms with Gasteiger partial charge in [0.2, 0.25) is 0 Å². The van der Waals surface area contributed by atoms with E-state index in [-0.39, 0.29) is 22.9 Å². The number of ether oxygens (including phenoxy) is 1. The van der Waals surface area contributed by atoms with Crippen molar-refractivity contribution in [3.63, 3.8) is 0 Å². The van der Waals surface area contributed by atoms with Gasteiger partial charge in [-0.05, 0) is 19.0 Å². The molecular weight excluding hydrogens is 390 g/mol. The fourth-order valence-electron chi connectivity index (χ4n) is 3.92. The summed E-state index contributed by atoms with van der Waals surface area (Å²) in [6.45, 7) is 4.22. The molecule has 0 bridgehead atoms. The SMILES string of the molecule is CCCN1CCC2(CC1)OC[C@@H](C(=O)O)N2C(=O)c1cc([N+](=O)[O-])ccc1Cl. The quantitative estimate of drug-likeness (QED) is 0.584. The Morgan fingerprint density at radius 2 is 2.07 bits per heavy atom. The van der Waals surface area contributed by atoms with Crippen molar-refractivity contribution in [1.29, 1.82) is 0 Å². The molecule has 0 aromatic heterocycles. The van der Waals surface area contributed by atoms with Crippen molar-refractivity contribution < 1.29 is 24.4 Å². The molecule has 2 fully saturated rings. The lowest BCUT2D eigenvalue weighted by atomic mass is 9.96. The number of nitro benzene ring substituents is 1. The second-order valence-electron chi connectivity index (χ2n) is 7.05. The molecule has 0 unspecified atom stereocenters. The topological polar surface area (TPSA) is 113 Å². The molecule has 1 aromatic rings. The maximum atomic E-state index is 13.3. The average molecular weight is 412 g/mol. The van der Waals surface area contributed by atoms with Gasteiger partial charge in [-0.25, -0.2) is 4.79 Å². The van der Waals surface area contributed by atoms with E-state index < -0.39 is 28.6 Å². The molecule has 0 saturated carbocycles. The third-order valence-electron chi connectivity index (χ3n) is 5.33. The second-order valence-corrected chi connectivity index (χ2v) is 7.46. The standard InChI is InChI=1S/C18H22ClN3O6/c1-2-7-20-8-5-18(6-9-20)21(15(11-28-18)17(24)25)16(23)13-10-12(22(26)27)3-4-14(13)19/h3-4,10,15H,2,5-9,11H2,1H3,(H,24,25)/t15-/m0/s1. The molecule has 1 aromatic carbocycles. The van der Waals surface area contributed by atoms with Crippen LogP contribution in [0.2, 0.25) is 5.02 Å². The van der Waals surface area contributed by atoms with Crippen LogP contribution < -0.4 is 0 Å². The third kappa shape index (κ3) is 3.69. The second kappa shape index (κ2) is 8.02. The first-order valence-corrected chi connectivity index (χ1v) is 9.53. The van der Waals surface area contributed by atoms with E-state index in [0.29, 0.717) is 25.9 Å². The molecule has 28 heavy (non-hydrogen) atoms. The van der Waals surface area contributed by atoms with Crippen LogP contribution in [0.15, 0.2) is 18.2 Å². The Balaban J connectivity index is 1.95. The lowest BCUT2D eigenvalue weighted by Gasteiger charge is -2.44. The summed E-state index contributed by atoms with van der Waals surface area (Å²) in [5.41, 5.74) is -1.42. The zero-order chi connectivity index (χ0) is 20.5. The van der Waals surface area contributed by atoms with Gasteiger partial charge in [-0.2, -0.15) is 0 Å². The van der Waals surface area contributed by atoms with Crippen LogP contribution >= 0.6 is 11.6 Å². The number of carboxylic acids is 1. The van der Waals surface area contributed by atoms with Crippen molar-refractivity contribution in [2.75, 3.05) is 26.2 Å². The van der Waals surface area contributed by atoms with Crippen LogP contribution in [0.25, 0.3) is 0 Å². The van der Waals surface area contributed by atoms with E-state index in [2.05, 4.69) is 11.8 Å². The van der Waals surface area contributed by atoms with Crippen LogP contribution in [0, 0.1) is 10.1 Å². The highest BCUT2D eigenvalue weighted by Crippen LogP contribution is 2.39. The predicted octanol–water partition coefficient (Wildman–Crippen LogP) is 2.38. The van der Waals surface area contributed by atoms with E-state index in [9.17, 15) is 24.8 Å². The minimum Gasteiger partial charge on any atom is -0.480 e. The van der Waals surface area contributed by atoms with E-state index in [1.54, 1.807) is 0 Å². The summed E-state index contributed by atoms with van der Waals surface area (Å²) in [6, 6.07) is 2.39. The highest BCUT2D eigenvalue weighted by Gasteiger charge is 2.54. The molecule has 2 aliphatic heterocycles. The number of hydrogen-bond acceptors (Lipinski definition) is 6. The predicted molar refractivity (Wildman–Crippen MR) is 100 cm³/mol. The van der Waals surface area contributed by atoms with Crippen LogP contribution in [0.1, 0.15) is 36.5 Å². The zero-order valence-electron chi connectivity index (χ0n) is 15.5. The molecule has 9 nitrogen and oxygen atoms in total. The first-order valence-electron chi connectivity index (χ1n) is 9.16. The number of halogens is 1. The number of carbonyl (C=O) groups is 2. The average Bonchev–Trinajstić information content (AvgIpc) is 3.02. The molecule has 2 saturated heterocycles. The van der Waals surface area contributed by atoms with Gasteiger partial charge >= 0.3 is 5.97 Å². The van der Waals surface area contributed by atoms with E-state index in [4.69, 9.17) is 16.3 Å². The normalized spacial score (nSPS) is 21.8. The van der Waals surface area contributed by atoms with Gasteiger partial charge in [-0.3, -0.25) is 19.8 Å². The number of piperidine rings is 1. The molecular formula is C18H22ClN3O6. The van der Waals surface area contributed by atoms with Gasteiger partial charge in [-0.1, -0.05) is 18.5 Å². The number of carboxylic acid groups (broad SMARTS) is 1. The van der Waals surface area contributed by atoms with Crippen molar-refractivity contribution >= 4 is 29.2 Å². The third-order valence-corrected chi connectivity index (χ3v) is 5.66. The Labute approximate surface area is 167 Å². The zero-order valence-corrected chi connectivity index (χ0v) is 16.2. The van der Waals surface area contributed by atoms with Gasteiger partial charge in [0.15, 0.2) is 6.04 Å². The lowest BCUT2D eigenvalue weighted by molar-refractivity contribution is -0.384. The molecule has 1 amide bonds. The Morgan fingerprint density at radius 1 is 1.39 bits per heavy atom. The number of aliphatic carboxylic acids is 1. The summed E-state index contributed by atoms with van der Waals surface area (Å²) in [6.07, 6.45) is 1.93. The van der Waals surface area contributed by atoms with Crippen LogP contribution in [-0.4, -0.2) is 69.7 Å². The summed E-state index contributed by atoms with van der Waals surface area (Å²) in [5, 5.41) is 20.7. The van der Waals surface area contributed by atoms with Crippen LogP contribution in [0.4, 0.5) is 5.69 Å². The minimum atomic E-state index is -1.18. The Morgan fingerprint density at radius 3 is 2.64 bits per heavy atom. The van der Waals surface area contributed by atoms with Crippen LogP contribution in [0.5, 0.6) is 0 Å². The number of nitrogens with zero attached hydrogens (tertiary/aromatic N) is 3. The summed E-state index contributed by atoms with van der Waals surface area (Å²) >= 11 is 6.13. The van der Waals surface area contributed by atoms with Gasteiger partial charge < -0.3 is 14.7 Å². The van der Waals surface area contributed by atoms with Gasteiger partial charge in [0, 0.05) is 38.1 Å². The number of non-ortho nitro benzene ring substituents is 1. The molecule has 1 atom stereocenters. The van der Waals surface area contributed by atoms with Crippen molar-refractivity contribution in [3.05, 3.63) is 38.9 Å². The number of carbonyl (C=O) groups excluding carboxylic acids is 1.